The van der Waals surface area contributed by atoms with E-state index < -0.39 is 12.3 Å². The van der Waals surface area contributed by atoms with Gasteiger partial charge in [-0.1, -0.05) is 6.42 Å². The molecule has 1 aliphatic rings. The van der Waals surface area contributed by atoms with Crippen molar-refractivity contribution in [3.63, 3.8) is 0 Å². The number of pyridine rings is 1. The van der Waals surface area contributed by atoms with Crippen molar-refractivity contribution in [1.29, 1.82) is 0 Å². The van der Waals surface area contributed by atoms with E-state index in [2.05, 4.69) is 20.3 Å². The summed E-state index contributed by atoms with van der Waals surface area (Å²) in [6.45, 7) is 3.45. The van der Waals surface area contributed by atoms with Crippen LogP contribution < -0.4 is 15.8 Å². The molecule has 0 aliphatic carbocycles. The average molecular weight is 408 g/mol. The maximum absolute atomic E-state index is 12.5. The highest BCUT2D eigenvalue weighted by molar-refractivity contribution is 5.61. The SMILES string of the molecule is C1CCNCC1.CC(Oc1ccn2c(-c3cncc(N)n3)cnc2c1)C(F)(F)F. The van der Waals surface area contributed by atoms with E-state index in [0.29, 0.717) is 17.0 Å². The molecule has 10 heteroatoms. The van der Waals surface area contributed by atoms with Crippen LogP contribution in [-0.4, -0.2) is 44.7 Å². The molecular weight excluding hydrogens is 385 g/mol. The highest BCUT2D eigenvalue weighted by Gasteiger charge is 2.38. The van der Waals surface area contributed by atoms with Gasteiger partial charge in [-0.3, -0.25) is 9.38 Å². The lowest BCUT2D eigenvalue weighted by Gasteiger charge is -2.17. The van der Waals surface area contributed by atoms with Crippen LogP contribution in [0.2, 0.25) is 0 Å². The van der Waals surface area contributed by atoms with Crippen molar-refractivity contribution < 1.29 is 17.9 Å². The maximum atomic E-state index is 12.5. The first kappa shape index (κ1) is 20.8. The molecule has 1 atom stereocenters. The fraction of sp³-hybridized carbons (Fsp3) is 0.421. The van der Waals surface area contributed by atoms with E-state index in [0.717, 1.165) is 6.92 Å². The maximum Gasteiger partial charge on any atom is 0.425 e. The Morgan fingerprint density at radius 1 is 1.17 bits per heavy atom. The Labute approximate surface area is 166 Å². The number of anilines is 1. The van der Waals surface area contributed by atoms with Crippen molar-refractivity contribution in [3.8, 4) is 17.1 Å². The largest absolute Gasteiger partial charge is 0.481 e. The molecule has 1 saturated heterocycles. The van der Waals surface area contributed by atoms with Crippen molar-refractivity contribution in [2.75, 3.05) is 18.8 Å². The monoisotopic (exact) mass is 408 g/mol. The molecule has 1 unspecified atom stereocenters. The topological polar surface area (TPSA) is 90.4 Å². The number of nitrogens with zero attached hydrogens (tertiary/aromatic N) is 4. The predicted octanol–water partition coefficient (Wildman–Crippen LogP) is 3.46. The molecule has 3 aromatic rings. The van der Waals surface area contributed by atoms with Crippen molar-refractivity contribution >= 4 is 11.5 Å². The van der Waals surface area contributed by atoms with Gasteiger partial charge in [0.2, 0.25) is 0 Å². The Bertz CT molecular complexity index is 928. The van der Waals surface area contributed by atoms with Gasteiger partial charge in [0.15, 0.2) is 6.10 Å². The predicted molar refractivity (Wildman–Crippen MR) is 103 cm³/mol. The number of piperidine rings is 1. The first-order valence-corrected chi connectivity index (χ1v) is 9.33. The molecule has 29 heavy (non-hydrogen) atoms. The Hall–Kier alpha value is -2.88. The third kappa shape index (κ3) is 5.57. The summed E-state index contributed by atoms with van der Waals surface area (Å²) in [5, 5.41) is 3.28. The van der Waals surface area contributed by atoms with Gasteiger partial charge < -0.3 is 15.8 Å². The van der Waals surface area contributed by atoms with Crippen molar-refractivity contribution in [3.05, 3.63) is 36.9 Å². The van der Waals surface area contributed by atoms with Crippen LogP contribution in [0.3, 0.4) is 0 Å². The first-order chi connectivity index (χ1) is 13.8. The average Bonchev–Trinajstić information content (AvgIpc) is 3.12. The van der Waals surface area contributed by atoms with E-state index in [-0.39, 0.29) is 11.6 Å². The Morgan fingerprint density at radius 3 is 2.52 bits per heavy atom. The van der Waals surface area contributed by atoms with Crippen LogP contribution in [0.25, 0.3) is 17.0 Å². The number of hydrogen-bond donors (Lipinski definition) is 2. The summed E-state index contributed by atoms with van der Waals surface area (Å²) in [6.07, 6.45) is 3.92. The quantitative estimate of drug-likeness (QED) is 0.690. The molecule has 156 valence electrons. The Morgan fingerprint density at radius 2 is 1.93 bits per heavy atom. The molecule has 0 spiro atoms. The van der Waals surface area contributed by atoms with Crippen LogP contribution in [0.5, 0.6) is 5.75 Å². The number of aromatic nitrogens is 4. The summed E-state index contributed by atoms with van der Waals surface area (Å²) in [4.78, 5) is 12.2. The van der Waals surface area contributed by atoms with Gasteiger partial charge in [0.25, 0.3) is 0 Å². The highest BCUT2D eigenvalue weighted by atomic mass is 19.4. The van der Waals surface area contributed by atoms with Crippen LogP contribution in [-0.2, 0) is 0 Å². The second-order valence-electron chi connectivity index (χ2n) is 6.68. The van der Waals surface area contributed by atoms with Crippen LogP contribution in [0.4, 0.5) is 19.0 Å². The van der Waals surface area contributed by atoms with Gasteiger partial charge in [0.1, 0.15) is 22.9 Å². The van der Waals surface area contributed by atoms with Gasteiger partial charge in [-0.05, 0) is 38.9 Å². The van der Waals surface area contributed by atoms with Gasteiger partial charge in [-0.25, -0.2) is 9.97 Å². The molecule has 3 aromatic heterocycles. The molecule has 0 aromatic carbocycles. The van der Waals surface area contributed by atoms with E-state index in [1.165, 1.54) is 63.1 Å². The number of rotatable bonds is 3. The lowest BCUT2D eigenvalue weighted by Crippen LogP contribution is -2.31. The number of fused-ring (bicyclic) bond motifs is 1. The van der Waals surface area contributed by atoms with Crippen LogP contribution in [0.15, 0.2) is 36.9 Å². The summed E-state index contributed by atoms with van der Waals surface area (Å²) in [7, 11) is 0. The molecule has 4 heterocycles. The van der Waals surface area contributed by atoms with E-state index in [4.69, 9.17) is 10.5 Å². The zero-order chi connectivity index (χ0) is 20.9. The van der Waals surface area contributed by atoms with Crippen LogP contribution in [0.1, 0.15) is 26.2 Å². The van der Waals surface area contributed by atoms with Gasteiger partial charge in [-0.2, -0.15) is 13.2 Å². The molecule has 1 fully saturated rings. The zero-order valence-electron chi connectivity index (χ0n) is 16.0. The lowest BCUT2D eigenvalue weighted by atomic mass is 10.2. The molecule has 0 bridgehead atoms. The summed E-state index contributed by atoms with van der Waals surface area (Å²) in [6, 6.07) is 2.85. The van der Waals surface area contributed by atoms with Gasteiger partial charge in [-0.15, -0.1) is 0 Å². The molecule has 4 rings (SSSR count). The number of ether oxygens (including phenoxy) is 1. The minimum atomic E-state index is -4.43. The fourth-order valence-corrected chi connectivity index (χ4v) is 2.80. The van der Waals surface area contributed by atoms with Crippen LogP contribution in [0, 0.1) is 0 Å². The summed E-state index contributed by atoms with van der Waals surface area (Å²) >= 11 is 0. The standard InChI is InChI=1S/C14H12F3N5O.C5H11N/c1-8(14(15,16)17)23-9-2-3-22-11(6-20-13(22)4-9)10-5-19-7-12(18)21-10;1-2-4-6-5-3-1/h2-8H,1H3,(H2,18,21);6H,1-5H2. The molecule has 7 nitrogen and oxygen atoms in total. The van der Waals surface area contributed by atoms with E-state index in [1.54, 1.807) is 10.6 Å². The van der Waals surface area contributed by atoms with Gasteiger partial charge >= 0.3 is 6.18 Å². The van der Waals surface area contributed by atoms with Crippen molar-refractivity contribution in [1.82, 2.24) is 24.7 Å². The molecule has 1 aliphatic heterocycles. The smallest absolute Gasteiger partial charge is 0.425 e. The zero-order valence-corrected chi connectivity index (χ0v) is 16.0. The Kier molecular flexibility index (Phi) is 6.53. The minimum absolute atomic E-state index is 0.0816. The van der Waals surface area contributed by atoms with Crippen molar-refractivity contribution in [2.45, 2.75) is 38.5 Å². The highest BCUT2D eigenvalue weighted by Crippen LogP contribution is 2.27. The fourth-order valence-electron chi connectivity index (χ4n) is 2.80. The summed E-state index contributed by atoms with van der Waals surface area (Å²) in [5.41, 5.74) is 7.16. The molecular formula is C19H23F3N6O. The molecule has 0 amide bonds. The van der Waals surface area contributed by atoms with E-state index in [1.807, 2.05) is 0 Å². The number of nitrogens with two attached hydrogens (primary N) is 1. The van der Waals surface area contributed by atoms with Crippen LogP contribution >= 0.6 is 0 Å². The third-order valence-corrected chi connectivity index (χ3v) is 4.38. The number of nitrogens with one attached hydrogen (secondary N) is 1. The van der Waals surface area contributed by atoms with Gasteiger partial charge in [0, 0.05) is 12.3 Å². The number of nitrogen functional groups attached to an aromatic ring is 1. The van der Waals surface area contributed by atoms with Gasteiger partial charge in [0.05, 0.1) is 24.3 Å². The molecule has 0 radical (unpaired) electrons. The second kappa shape index (κ2) is 9.08. The normalized spacial score (nSPS) is 15.4. The number of alkyl halides is 3. The first-order valence-electron chi connectivity index (χ1n) is 9.33. The minimum Gasteiger partial charge on any atom is -0.481 e. The second-order valence-corrected chi connectivity index (χ2v) is 6.68. The number of halogens is 3. The van der Waals surface area contributed by atoms with E-state index in [9.17, 15) is 13.2 Å². The summed E-state index contributed by atoms with van der Waals surface area (Å²) in [5.74, 6) is 0.342. The molecule has 0 saturated carbocycles. The lowest BCUT2D eigenvalue weighted by molar-refractivity contribution is -0.189. The third-order valence-electron chi connectivity index (χ3n) is 4.38. The Balaban J connectivity index is 0.000000343. The molecule has 3 N–H and O–H groups in total. The summed E-state index contributed by atoms with van der Waals surface area (Å²) < 4.78 is 44.2. The van der Waals surface area contributed by atoms with E-state index >= 15 is 0 Å². The number of imidazole rings is 1. The number of hydrogen-bond acceptors (Lipinski definition) is 6. The van der Waals surface area contributed by atoms with Crippen molar-refractivity contribution in [2.24, 2.45) is 0 Å².